The van der Waals surface area contributed by atoms with Gasteiger partial charge in [-0.25, -0.2) is 9.97 Å². The van der Waals surface area contributed by atoms with Crippen molar-refractivity contribution >= 4 is 5.95 Å². The zero-order valence-electron chi connectivity index (χ0n) is 10.4. The van der Waals surface area contributed by atoms with Crippen molar-refractivity contribution in [2.45, 2.75) is 31.3 Å². The van der Waals surface area contributed by atoms with E-state index in [1.54, 1.807) is 0 Å². The maximum absolute atomic E-state index is 5.37. The summed E-state index contributed by atoms with van der Waals surface area (Å²) in [4.78, 5) is 11.6. The Bertz CT molecular complexity index is 458. The summed E-state index contributed by atoms with van der Waals surface area (Å²) in [5, 5.41) is 3.63. The van der Waals surface area contributed by atoms with Gasteiger partial charge in [-0.15, -0.1) is 0 Å². The largest absolute Gasteiger partial charge is 0.378 e. The fourth-order valence-corrected chi connectivity index (χ4v) is 3.24. The highest BCUT2D eigenvalue weighted by atomic mass is 16.5. The second kappa shape index (κ2) is 4.17. The Labute approximate surface area is 107 Å². The number of morpholine rings is 1. The lowest BCUT2D eigenvalue weighted by Gasteiger charge is -2.29. The Morgan fingerprint density at radius 3 is 3.06 bits per heavy atom. The number of aromatic nitrogens is 2. The molecule has 0 spiro atoms. The van der Waals surface area contributed by atoms with Crippen LogP contribution in [0.2, 0.25) is 0 Å². The van der Waals surface area contributed by atoms with Crippen LogP contribution in [-0.2, 0) is 11.2 Å². The topological polar surface area (TPSA) is 50.3 Å². The Morgan fingerprint density at radius 1 is 1.28 bits per heavy atom. The lowest BCUT2D eigenvalue weighted by atomic mass is 10.0. The van der Waals surface area contributed by atoms with Crippen LogP contribution in [0.5, 0.6) is 0 Å². The Kier molecular flexibility index (Phi) is 2.48. The van der Waals surface area contributed by atoms with Crippen molar-refractivity contribution < 1.29 is 4.74 Å². The molecular weight excluding hydrogens is 228 g/mol. The molecule has 2 saturated heterocycles. The number of fused-ring (bicyclic) bond motifs is 4. The van der Waals surface area contributed by atoms with Crippen LogP contribution in [0, 0.1) is 0 Å². The van der Waals surface area contributed by atoms with Gasteiger partial charge in [-0.3, -0.25) is 0 Å². The summed E-state index contributed by atoms with van der Waals surface area (Å²) < 4.78 is 5.37. The molecule has 4 rings (SSSR count). The lowest BCUT2D eigenvalue weighted by Crippen LogP contribution is -2.38. The van der Waals surface area contributed by atoms with Crippen molar-refractivity contribution in [3.05, 3.63) is 17.5 Å². The minimum absolute atomic E-state index is 0.498. The maximum Gasteiger partial charge on any atom is 0.225 e. The quantitative estimate of drug-likeness (QED) is 0.789. The molecule has 2 unspecified atom stereocenters. The smallest absolute Gasteiger partial charge is 0.225 e. The molecule has 96 valence electrons. The van der Waals surface area contributed by atoms with Gasteiger partial charge in [0.05, 0.1) is 18.9 Å². The molecule has 4 heterocycles. The van der Waals surface area contributed by atoms with Crippen molar-refractivity contribution in [3.8, 4) is 0 Å². The normalized spacial score (nSPS) is 30.3. The highest BCUT2D eigenvalue weighted by Gasteiger charge is 2.33. The number of nitrogens with zero attached hydrogens (tertiary/aromatic N) is 3. The maximum atomic E-state index is 5.37. The average molecular weight is 246 g/mol. The van der Waals surface area contributed by atoms with Gasteiger partial charge in [0.25, 0.3) is 0 Å². The van der Waals surface area contributed by atoms with Crippen LogP contribution in [0.3, 0.4) is 0 Å². The van der Waals surface area contributed by atoms with E-state index in [0.29, 0.717) is 12.1 Å². The molecule has 5 nitrogen and oxygen atoms in total. The van der Waals surface area contributed by atoms with Crippen LogP contribution in [0.25, 0.3) is 0 Å². The van der Waals surface area contributed by atoms with Crippen molar-refractivity contribution in [1.29, 1.82) is 0 Å². The Balaban J connectivity index is 1.65. The molecule has 18 heavy (non-hydrogen) atoms. The van der Waals surface area contributed by atoms with Crippen LogP contribution >= 0.6 is 0 Å². The molecule has 3 aliphatic heterocycles. The molecule has 5 heteroatoms. The first-order chi connectivity index (χ1) is 8.90. The number of anilines is 1. The zero-order chi connectivity index (χ0) is 11.9. The van der Waals surface area contributed by atoms with Crippen LogP contribution in [0.1, 0.15) is 30.1 Å². The molecule has 0 aromatic carbocycles. The van der Waals surface area contributed by atoms with Crippen molar-refractivity contribution in [2.75, 3.05) is 31.2 Å². The predicted octanol–water partition coefficient (Wildman–Crippen LogP) is 0.662. The molecule has 0 amide bonds. The highest BCUT2D eigenvalue weighted by Crippen LogP contribution is 2.35. The monoisotopic (exact) mass is 246 g/mol. The standard InChI is InChI=1S/C13H18N4O/c1-2-11-10-8-14-13(17-3-5-18-6-4-17)16-12(10)7-9(1)15-11/h8-9,11,15H,1-7H2. The number of nitrogens with one attached hydrogen (secondary N) is 1. The van der Waals surface area contributed by atoms with Gasteiger partial charge in [0.2, 0.25) is 5.95 Å². The Morgan fingerprint density at radius 2 is 2.17 bits per heavy atom. The minimum atomic E-state index is 0.498. The van der Waals surface area contributed by atoms with Gasteiger partial charge in [-0.1, -0.05) is 0 Å². The summed E-state index contributed by atoms with van der Waals surface area (Å²) in [5.41, 5.74) is 2.58. The van der Waals surface area contributed by atoms with Gasteiger partial charge in [0, 0.05) is 43.4 Å². The van der Waals surface area contributed by atoms with E-state index in [4.69, 9.17) is 9.72 Å². The molecule has 0 saturated carbocycles. The average Bonchev–Trinajstić information content (AvgIpc) is 2.82. The fraction of sp³-hybridized carbons (Fsp3) is 0.692. The SMILES string of the molecule is c1nc(N2CCOCC2)nc2c1C1CCC(C2)N1. The van der Waals surface area contributed by atoms with E-state index in [2.05, 4.69) is 15.2 Å². The summed E-state index contributed by atoms with van der Waals surface area (Å²) in [7, 11) is 0. The van der Waals surface area contributed by atoms with Crippen LogP contribution in [0.4, 0.5) is 5.95 Å². The number of hydrogen-bond donors (Lipinski definition) is 1. The van der Waals surface area contributed by atoms with Gasteiger partial charge in [-0.2, -0.15) is 0 Å². The van der Waals surface area contributed by atoms with E-state index in [1.807, 2.05) is 6.20 Å². The third kappa shape index (κ3) is 1.69. The molecule has 3 aliphatic rings. The molecule has 1 aromatic rings. The molecule has 1 aromatic heterocycles. The molecule has 2 fully saturated rings. The van der Waals surface area contributed by atoms with E-state index in [9.17, 15) is 0 Å². The van der Waals surface area contributed by atoms with E-state index in [0.717, 1.165) is 38.7 Å². The van der Waals surface area contributed by atoms with Crippen molar-refractivity contribution in [3.63, 3.8) is 0 Å². The van der Waals surface area contributed by atoms with E-state index in [1.165, 1.54) is 24.1 Å². The van der Waals surface area contributed by atoms with Gasteiger partial charge in [0.15, 0.2) is 0 Å². The molecule has 2 atom stereocenters. The third-order valence-electron chi connectivity index (χ3n) is 4.24. The van der Waals surface area contributed by atoms with Crippen LogP contribution in [-0.4, -0.2) is 42.3 Å². The van der Waals surface area contributed by atoms with Gasteiger partial charge >= 0.3 is 0 Å². The Hall–Kier alpha value is -1.20. The first-order valence-electron chi connectivity index (χ1n) is 6.85. The molecule has 0 radical (unpaired) electrons. The fourth-order valence-electron chi connectivity index (χ4n) is 3.24. The number of ether oxygens (including phenoxy) is 1. The van der Waals surface area contributed by atoms with Gasteiger partial charge < -0.3 is 15.0 Å². The highest BCUT2D eigenvalue weighted by molar-refractivity contribution is 5.37. The minimum Gasteiger partial charge on any atom is -0.378 e. The van der Waals surface area contributed by atoms with Crippen molar-refractivity contribution in [2.24, 2.45) is 0 Å². The summed E-state index contributed by atoms with van der Waals surface area (Å²) in [5.74, 6) is 0.887. The summed E-state index contributed by atoms with van der Waals surface area (Å²) in [6.45, 7) is 3.38. The zero-order valence-corrected chi connectivity index (χ0v) is 10.4. The lowest BCUT2D eigenvalue weighted by molar-refractivity contribution is 0.122. The van der Waals surface area contributed by atoms with Crippen molar-refractivity contribution in [1.82, 2.24) is 15.3 Å². The molecular formula is C13H18N4O. The van der Waals surface area contributed by atoms with E-state index >= 15 is 0 Å². The second-order valence-corrected chi connectivity index (χ2v) is 5.37. The third-order valence-corrected chi connectivity index (χ3v) is 4.24. The molecule has 0 aliphatic carbocycles. The molecule has 2 bridgehead atoms. The number of rotatable bonds is 1. The molecule has 1 N–H and O–H groups in total. The van der Waals surface area contributed by atoms with E-state index < -0.39 is 0 Å². The van der Waals surface area contributed by atoms with Gasteiger partial charge in [-0.05, 0) is 12.8 Å². The predicted molar refractivity (Wildman–Crippen MR) is 67.7 cm³/mol. The second-order valence-electron chi connectivity index (χ2n) is 5.37. The summed E-state index contributed by atoms with van der Waals surface area (Å²) in [6.07, 6.45) is 5.60. The first kappa shape index (κ1) is 10.7. The number of hydrogen-bond acceptors (Lipinski definition) is 5. The van der Waals surface area contributed by atoms with Gasteiger partial charge in [0.1, 0.15) is 0 Å². The van der Waals surface area contributed by atoms with Crippen LogP contribution in [0.15, 0.2) is 6.20 Å². The summed E-state index contributed by atoms with van der Waals surface area (Å²) >= 11 is 0. The van der Waals surface area contributed by atoms with E-state index in [-0.39, 0.29) is 0 Å². The first-order valence-corrected chi connectivity index (χ1v) is 6.85. The van der Waals surface area contributed by atoms with Crippen LogP contribution < -0.4 is 10.2 Å². The summed E-state index contributed by atoms with van der Waals surface area (Å²) in [6, 6.07) is 1.13.